The third kappa shape index (κ3) is 2.84. The second-order valence-electron chi connectivity index (χ2n) is 3.88. The summed E-state index contributed by atoms with van der Waals surface area (Å²) < 4.78 is 0. The zero-order valence-corrected chi connectivity index (χ0v) is 10.3. The Morgan fingerprint density at radius 3 is 2.44 bits per heavy atom. The summed E-state index contributed by atoms with van der Waals surface area (Å²) in [7, 11) is 4.54. The molecule has 1 heterocycles. The molecular weight excluding hydrogens is 240 g/mol. The molecule has 2 amide bonds. The van der Waals surface area contributed by atoms with Gasteiger partial charge in [0.2, 0.25) is 5.91 Å². The monoisotopic (exact) mass is 254 g/mol. The van der Waals surface area contributed by atoms with Gasteiger partial charge >= 0.3 is 5.97 Å². The topological polar surface area (TPSA) is 107 Å². The molecule has 18 heavy (non-hydrogen) atoms. The molecule has 0 saturated heterocycles. The summed E-state index contributed by atoms with van der Waals surface area (Å²) in [6, 6.07) is 0. The van der Waals surface area contributed by atoms with E-state index in [1.165, 1.54) is 11.9 Å². The molecule has 0 atom stereocenters. The molecule has 0 radical (unpaired) electrons. The Morgan fingerprint density at radius 2 is 1.94 bits per heavy atom. The zero-order valence-electron chi connectivity index (χ0n) is 10.3. The number of likely N-dealkylation sites (N-methyl/N-ethyl adjacent to an activating group) is 2. The first-order chi connectivity index (χ1) is 8.34. The van der Waals surface area contributed by atoms with Gasteiger partial charge in [-0.15, -0.1) is 0 Å². The van der Waals surface area contributed by atoms with Crippen molar-refractivity contribution in [3.05, 3.63) is 17.7 Å². The van der Waals surface area contributed by atoms with Crippen molar-refractivity contribution in [2.75, 3.05) is 27.7 Å². The molecule has 0 aliphatic heterocycles. The molecule has 0 aliphatic carbocycles. The number of hydrogen-bond donors (Lipinski definition) is 2. The maximum atomic E-state index is 11.9. The lowest BCUT2D eigenvalue weighted by Crippen LogP contribution is -2.38. The lowest BCUT2D eigenvalue weighted by atomic mass is 10.3. The number of carboxylic acids is 1. The summed E-state index contributed by atoms with van der Waals surface area (Å²) in [5.41, 5.74) is -0.499. The molecule has 1 rings (SSSR count). The second-order valence-corrected chi connectivity index (χ2v) is 3.88. The van der Waals surface area contributed by atoms with Crippen LogP contribution in [0.1, 0.15) is 21.0 Å². The fourth-order valence-corrected chi connectivity index (χ4v) is 1.22. The minimum atomic E-state index is -1.27. The Bertz CT molecular complexity index is 480. The molecule has 0 aromatic carbocycles. The predicted molar refractivity (Wildman–Crippen MR) is 61.2 cm³/mol. The third-order valence-electron chi connectivity index (χ3n) is 2.27. The van der Waals surface area contributed by atoms with Gasteiger partial charge in [-0.05, 0) is 0 Å². The van der Waals surface area contributed by atoms with E-state index in [2.05, 4.69) is 9.97 Å². The molecule has 0 spiro atoms. The lowest BCUT2D eigenvalue weighted by Gasteiger charge is -2.18. The van der Waals surface area contributed by atoms with Gasteiger partial charge in [0.05, 0.1) is 12.9 Å². The highest BCUT2D eigenvalue weighted by atomic mass is 16.4. The maximum absolute atomic E-state index is 11.9. The number of carbonyl (C=O) groups is 3. The molecule has 1 aromatic heterocycles. The van der Waals surface area contributed by atoms with Crippen molar-refractivity contribution >= 4 is 17.8 Å². The summed E-state index contributed by atoms with van der Waals surface area (Å²) in [5, 5.41) is 8.84. The summed E-state index contributed by atoms with van der Waals surface area (Å²) in [5.74, 6) is -2.16. The molecule has 0 saturated carbocycles. The van der Waals surface area contributed by atoms with Crippen molar-refractivity contribution in [2.24, 2.45) is 0 Å². The minimum Gasteiger partial charge on any atom is -0.477 e. The average molecular weight is 254 g/mol. The van der Waals surface area contributed by atoms with Gasteiger partial charge in [0.25, 0.3) is 5.91 Å². The summed E-state index contributed by atoms with van der Waals surface area (Å²) >= 11 is 0. The van der Waals surface area contributed by atoms with E-state index in [0.717, 1.165) is 11.2 Å². The van der Waals surface area contributed by atoms with Crippen LogP contribution in [0.15, 0.2) is 6.33 Å². The highest BCUT2D eigenvalue weighted by Crippen LogP contribution is 2.06. The number of aromatic carboxylic acids is 1. The van der Waals surface area contributed by atoms with E-state index in [4.69, 9.17) is 5.11 Å². The van der Waals surface area contributed by atoms with Crippen molar-refractivity contribution < 1.29 is 19.5 Å². The number of amides is 2. The number of aromatic amines is 1. The van der Waals surface area contributed by atoms with Crippen molar-refractivity contribution in [2.45, 2.75) is 0 Å². The first kappa shape index (κ1) is 13.7. The number of aromatic nitrogens is 2. The number of hydrogen-bond acceptors (Lipinski definition) is 4. The van der Waals surface area contributed by atoms with Gasteiger partial charge in [0.15, 0.2) is 11.4 Å². The summed E-state index contributed by atoms with van der Waals surface area (Å²) in [4.78, 5) is 42.6. The normalized spacial score (nSPS) is 9.94. The Morgan fingerprint density at radius 1 is 1.33 bits per heavy atom. The number of rotatable bonds is 4. The first-order valence-corrected chi connectivity index (χ1v) is 5.07. The van der Waals surface area contributed by atoms with Crippen LogP contribution in [0.2, 0.25) is 0 Å². The van der Waals surface area contributed by atoms with Gasteiger partial charge in [-0.1, -0.05) is 0 Å². The van der Waals surface area contributed by atoms with Gasteiger partial charge < -0.3 is 19.9 Å². The van der Waals surface area contributed by atoms with Crippen molar-refractivity contribution in [1.82, 2.24) is 19.8 Å². The summed E-state index contributed by atoms with van der Waals surface area (Å²) in [6.07, 6.45) is 1.12. The van der Waals surface area contributed by atoms with E-state index < -0.39 is 11.9 Å². The van der Waals surface area contributed by atoms with Crippen molar-refractivity contribution in [1.29, 1.82) is 0 Å². The van der Waals surface area contributed by atoms with Crippen LogP contribution in [0.5, 0.6) is 0 Å². The van der Waals surface area contributed by atoms with Crippen LogP contribution in [0.3, 0.4) is 0 Å². The van der Waals surface area contributed by atoms with E-state index in [9.17, 15) is 14.4 Å². The van der Waals surface area contributed by atoms with Gasteiger partial charge in [0, 0.05) is 21.1 Å². The molecular formula is C10H14N4O4. The summed E-state index contributed by atoms with van der Waals surface area (Å²) in [6.45, 7) is -0.141. The van der Waals surface area contributed by atoms with Gasteiger partial charge in [-0.3, -0.25) is 9.59 Å². The average Bonchev–Trinajstić information content (AvgIpc) is 2.76. The Balaban J connectivity index is 2.84. The fraction of sp³-hybridized carbons (Fsp3) is 0.400. The molecule has 0 unspecified atom stereocenters. The van der Waals surface area contributed by atoms with Crippen LogP contribution in [0.4, 0.5) is 0 Å². The number of nitrogens with zero attached hydrogens (tertiary/aromatic N) is 3. The van der Waals surface area contributed by atoms with Gasteiger partial charge in [0.1, 0.15) is 0 Å². The second kappa shape index (κ2) is 5.30. The van der Waals surface area contributed by atoms with Gasteiger partial charge in [-0.25, -0.2) is 9.78 Å². The number of H-pyrrole nitrogens is 1. The van der Waals surface area contributed by atoms with E-state index in [-0.39, 0.29) is 23.8 Å². The van der Waals surface area contributed by atoms with Crippen molar-refractivity contribution in [3.8, 4) is 0 Å². The number of imidazole rings is 1. The molecule has 0 fully saturated rings. The predicted octanol–water partition coefficient (Wildman–Crippen LogP) is -0.732. The van der Waals surface area contributed by atoms with Crippen LogP contribution in [-0.4, -0.2) is 70.3 Å². The molecule has 8 heteroatoms. The maximum Gasteiger partial charge on any atom is 0.354 e. The molecule has 0 bridgehead atoms. The van der Waals surface area contributed by atoms with E-state index >= 15 is 0 Å². The van der Waals surface area contributed by atoms with Crippen LogP contribution < -0.4 is 0 Å². The first-order valence-electron chi connectivity index (χ1n) is 5.07. The Hall–Kier alpha value is -2.38. The molecule has 98 valence electrons. The van der Waals surface area contributed by atoms with Crippen LogP contribution in [0.25, 0.3) is 0 Å². The van der Waals surface area contributed by atoms with Gasteiger partial charge in [-0.2, -0.15) is 0 Å². The molecule has 0 aliphatic rings. The quantitative estimate of drug-likeness (QED) is 0.736. The number of carboxylic acid groups (broad SMARTS) is 1. The SMILES string of the molecule is CN(C)C(=O)CN(C)C(=O)c1nc[nH]c1C(=O)O. The number of carbonyl (C=O) groups excluding carboxylic acids is 2. The smallest absolute Gasteiger partial charge is 0.354 e. The number of nitrogens with one attached hydrogen (secondary N) is 1. The molecule has 8 nitrogen and oxygen atoms in total. The molecule has 1 aromatic rings. The van der Waals surface area contributed by atoms with Crippen LogP contribution in [0, 0.1) is 0 Å². The zero-order chi connectivity index (χ0) is 13.9. The Kier molecular flexibility index (Phi) is 4.03. The highest BCUT2D eigenvalue weighted by molar-refractivity contribution is 6.03. The van der Waals surface area contributed by atoms with Crippen LogP contribution >= 0.6 is 0 Å². The standard InChI is InChI=1S/C10H14N4O4/c1-13(2)6(15)4-14(3)9(16)7-8(10(17)18)12-5-11-7/h5H,4H2,1-3H3,(H,11,12)(H,17,18). The van der Waals surface area contributed by atoms with Crippen molar-refractivity contribution in [3.63, 3.8) is 0 Å². The Labute approximate surface area is 103 Å². The van der Waals surface area contributed by atoms with E-state index in [1.54, 1.807) is 14.1 Å². The lowest BCUT2D eigenvalue weighted by molar-refractivity contribution is -0.129. The largest absolute Gasteiger partial charge is 0.477 e. The fourth-order valence-electron chi connectivity index (χ4n) is 1.22. The minimum absolute atomic E-state index is 0.141. The van der Waals surface area contributed by atoms with Crippen LogP contribution in [-0.2, 0) is 4.79 Å². The van der Waals surface area contributed by atoms with E-state index in [0.29, 0.717) is 0 Å². The highest BCUT2D eigenvalue weighted by Gasteiger charge is 2.24. The van der Waals surface area contributed by atoms with E-state index in [1.807, 2.05) is 0 Å². The third-order valence-corrected chi connectivity index (χ3v) is 2.27. The molecule has 2 N–H and O–H groups in total.